The molecule has 3 rings (SSSR count). The fourth-order valence-electron chi connectivity index (χ4n) is 3.17. The van der Waals surface area contributed by atoms with Gasteiger partial charge in [0.15, 0.2) is 0 Å². The molecule has 0 N–H and O–H groups in total. The van der Waals surface area contributed by atoms with E-state index in [-0.39, 0.29) is 49.0 Å². The first kappa shape index (κ1) is 22.6. The molecule has 2 aromatic rings. The number of ether oxygens (including phenoxy) is 3. The van der Waals surface area contributed by atoms with Crippen molar-refractivity contribution in [2.75, 3.05) is 26.3 Å². The van der Waals surface area contributed by atoms with Crippen LogP contribution in [0, 0.1) is 0 Å². The van der Waals surface area contributed by atoms with Gasteiger partial charge in [0.2, 0.25) is 10.0 Å². The van der Waals surface area contributed by atoms with E-state index in [0.29, 0.717) is 10.8 Å². The van der Waals surface area contributed by atoms with Gasteiger partial charge in [0.1, 0.15) is 19.0 Å². The molecule has 1 aliphatic heterocycles. The number of hydrogen-bond donors (Lipinski definition) is 0. The summed E-state index contributed by atoms with van der Waals surface area (Å²) in [5.74, 6) is -0.00650. The van der Waals surface area contributed by atoms with Crippen LogP contribution in [-0.4, -0.2) is 57.2 Å². The van der Waals surface area contributed by atoms with Crippen LogP contribution in [0.3, 0.4) is 0 Å². The highest BCUT2D eigenvalue weighted by Gasteiger charge is 2.32. The van der Waals surface area contributed by atoms with Gasteiger partial charge in [-0.15, -0.1) is 0 Å². The van der Waals surface area contributed by atoms with Crippen molar-refractivity contribution in [3.8, 4) is 5.75 Å². The Kier molecular flexibility index (Phi) is 7.36. The Balaban J connectivity index is 1.60. The summed E-state index contributed by atoms with van der Waals surface area (Å²) < 4.78 is 43.6. The van der Waals surface area contributed by atoms with Gasteiger partial charge in [0.25, 0.3) is 0 Å². The Morgan fingerprint density at radius 1 is 1.10 bits per heavy atom. The van der Waals surface area contributed by atoms with E-state index in [0.717, 1.165) is 0 Å². The molecule has 30 heavy (non-hydrogen) atoms. The van der Waals surface area contributed by atoms with Crippen molar-refractivity contribution < 1.29 is 27.4 Å². The Morgan fingerprint density at radius 2 is 1.77 bits per heavy atom. The van der Waals surface area contributed by atoms with E-state index in [1.54, 1.807) is 24.3 Å². The summed E-state index contributed by atoms with van der Waals surface area (Å²) in [6.45, 7) is 4.38. The second-order valence-corrected chi connectivity index (χ2v) is 9.42. The van der Waals surface area contributed by atoms with Crippen LogP contribution in [0.5, 0.6) is 5.75 Å². The maximum absolute atomic E-state index is 13.0. The second-order valence-electron chi connectivity index (χ2n) is 7.05. The molecule has 2 aromatic carbocycles. The topological polar surface area (TPSA) is 82.1 Å². The van der Waals surface area contributed by atoms with E-state index in [1.165, 1.54) is 28.6 Å². The monoisotopic (exact) mass is 453 g/mol. The molecule has 1 aliphatic rings. The molecule has 162 valence electrons. The number of morpholine rings is 1. The van der Waals surface area contributed by atoms with Crippen LogP contribution in [-0.2, 0) is 19.5 Å². The summed E-state index contributed by atoms with van der Waals surface area (Å²) in [7, 11) is -3.74. The van der Waals surface area contributed by atoms with Crippen molar-refractivity contribution in [2.45, 2.75) is 31.0 Å². The zero-order chi connectivity index (χ0) is 21.7. The van der Waals surface area contributed by atoms with Crippen molar-refractivity contribution >= 4 is 27.6 Å². The molecule has 0 aromatic heterocycles. The number of sulfonamides is 1. The van der Waals surface area contributed by atoms with E-state index in [9.17, 15) is 13.2 Å². The minimum atomic E-state index is -3.74. The smallest absolute Gasteiger partial charge is 0.338 e. The molecule has 1 fully saturated rings. The first-order valence-corrected chi connectivity index (χ1v) is 11.4. The van der Waals surface area contributed by atoms with Crippen molar-refractivity contribution in [2.24, 2.45) is 0 Å². The van der Waals surface area contributed by atoms with Gasteiger partial charge in [-0.3, -0.25) is 0 Å². The largest absolute Gasteiger partial charge is 0.490 e. The molecular weight excluding hydrogens is 430 g/mol. The van der Waals surface area contributed by atoms with Crippen LogP contribution in [0.2, 0.25) is 5.02 Å². The van der Waals surface area contributed by atoms with Crippen LogP contribution >= 0.6 is 11.6 Å². The van der Waals surface area contributed by atoms with Gasteiger partial charge in [0.05, 0.1) is 22.7 Å². The van der Waals surface area contributed by atoms with Crippen molar-refractivity contribution in [3.05, 3.63) is 59.1 Å². The summed E-state index contributed by atoms with van der Waals surface area (Å²) in [5.41, 5.74) is 0.164. The SMILES string of the molecule is C[C@@H]1CN(S(=O)(=O)c2cccc(C(=O)OCCOc3ccc(Cl)cc3)c2)C[C@H](C)O1. The average Bonchev–Trinajstić information content (AvgIpc) is 2.71. The van der Waals surface area contributed by atoms with Crippen LogP contribution in [0.25, 0.3) is 0 Å². The predicted molar refractivity (Wildman–Crippen MR) is 112 cm³/mol. The maximum atomic E-state index is 13.0. The fraction of sp³-hybridized carbons (Fsp3) is 0.381. The van der Waals surface area contributed by atoms with Crippen molar-refractivity contribution in [1.82, 2.24) is 4.31 Å². The van der Waals surface area contributed by atoms with Gasteiger partial charge in [-0.1, -0.05) is 17.7 Å². The number of nitrogens with zero attached hydrogens (tertiary/aromatic N) is 1. The number of rotatable bonds is 7. The van der Waals surface area contributed by atoms with Gasteiger partial charge in [-0.2, -0.15) is 4.31 Å². The molecule has 7 nitrogen and oxygen atoms in total. The molecular formula is C21H24ClNO6S. The summed E-state index contributed by atoms with van der Waals surface area (Å²) in [4.78, 5) is 12.4. The molecule has 0 saturated carbocycles. The lowest BCUT2D eigenvalue weighted by atomic mass is 10.2. The molecule has 1 heterocycles. The average molecular weight is 454 g/mol. The number of benzene rings is 2. The summed E-state index contributed by atoms with van der Waals surface area (Å²) >= 11 is 5.81. The Hall–Kier alpha value is -2.13. The van der Waals surface area contributed by atoms with Crippen molar-refractivity contribution in [3.63, 3.8) is 0 Å². The lowest BCUT2D eigenvalue weighted by molar-refractivity contribution is -0.0440. The standard InChI is InChI=1S/C21H24ClNO6S/c1-15-13-23(14-16(2)29-15)30(25,26)20-5-3-4-17(12-20)21(24)28-11-10-27-19-8-6-18(22)7-9-19/h3-9,12,15-16H,10-11,13-14H2,1-2H3/t15-,16+. The quantitative estimate of drug-likeness (QED) is 0.472. The van der Waals surface area contributed by atoms with Crippen LogP contribution in [0.4, 0.5) is 0 Å². The van der Waals surface area contributed by atoms with E-state index < -0.39 is 16.0 Å². The molecule has 0 spiro atoms. The number of hydrogen-bond acceptors (Lipinski definition) is 6. The maximum Gasteiger partial charge on any atom is 0.338 e. The van der Waals surface area contributed by atoms with Crippen LogP contribution in [0.15, 0.2) is 53.4 Å². The lowest BCUT2D eigenvalue weighted by Gasteiger charge is -2.34. The molecule has 1 saturated heterocycles. The zero-order valence-electron chi connectivity index (χ0n) is 16.8. The van der Waals surface area contributed by atoms with E-state index in [1.807, 2.05) is 13.8 Å². The molecule has 9 heteroatoms. The molecule has 0 unspecified atom stereocenters. The third-order valence-corrected chi connectivity index (χ3v) is 6.57. The van der Waals surface area contributed by atoms with Gasteiger partial charge >= 0.3 is 5.97 Å². The number of esters is 1. The Labute approximate surface area is 181 Å². The van der Waals surface area contributed by atoms with Gasteiger partial charge in [-0.05, 0) is 56.3 Å². The van der Waals surface area contributed by atoms with E-state index >= 15 is 0 Å². The first-order chi connectivity index (χ1) is 14.3. The van der Waals surface area contributed by atoms with Crippen LogP contribution < -0.4 is 4.74 Å². The number of halogens is 1. The number of carbonyl (C=O) groups excluding carboxylic acids is 1. The summed E-state index contributed by atoms with van der Waals surface area (Å²) in [5, 5.41) is 0.601. The molecule has 0 radical (unpaired) electrons. The highest BCUT2D eigenvalue weighted by molar-refractivity contribution is 7.89. The first-order valence-electron chi connectivity index (χ1n) is 9.57. The zero-order valence-corrected chi connectivity index (χ0v) is 18.4. The van der Waals surface area contributed by atoms with E-state index in [4.69, 9.17) is 25.8 Å². The minimum absolute atomic E-state index is 0.0247. The normalized spacial score (nSPS) is 20.0. The number of carbonyl (C=O) groups is 1. The van der Waals surface area contributed by atoms with Gasteiger partial charge in [-0.25, -0.2) is 13.2 Å². The second kappa shape index (κ2) is 9.78. The van der Waals surface area contributed by atoms with Crippen LogP contribution in [0.1, 0.15) is 24.2 Å². The molecule has 2 atom stereocenters. The van der Waals surface area contributed by atoms with E-state index in [2.05, 4.69) is 0 Å². The Morgan fingerprint density at radius 3 is 2.43 bits per heavy atom. The molecule has 0 bridgehead atoms. The highest BCUT2D eigenvalue weighted by atomic mass is 35.5. The molecule has 0 amide bonds. The van der Waals surface area contributed by atoms with Gasteiger partial charge in [0, 0.05) is 18.1 Å². The summed E-state index contributed by atoms with van der Waals surface area (Å²) in [6, 6.07) is 12.7. The third-order valence-electron chi connectivity index (χ3n) is 4.49. The third kappa shape index (κ3) is 5.72. The lowest BCUT2D eigenvalue weighted by Crippen LogP contribution is -2.48. The molecule has 0 aliphatic carbocycles. The minimum Gasteiger partial charge on any atom is -0.490 e. The fourth-order valence-corrected chi connectivity index (χ4v) is 4.93. The predicted octanol–water partition coefficient (Wildman–Crippen LogP) is 3.37. The van der Waals surface area contributed by atoms with Gasteiger partial charge < -0.3 is 14.2 Å². The Bertz CT molecular complexity index is 969. The van der Waals surface area contributed by atoms with Crippen molar-refractivity contribution in [1.29, 1.82) is 0 Å². The highest BCUT2D eigenvalue weighted by Crippen LogP contribution is 2.22. The summed E-state index contributed by atoms with van der Waals surface area (Å²) in [6.07, 6.45) is -0.394.